The first-order chi connectivity index (χ1) is 12.1. The van der Waals surface area contributed by atoms with Gasteiger partial charge in [-0.2, -0.15) is 0 Å². The third kappa shape index (κ3) is 10.1. The van der Waals surface area contributed by atoms with Gasteiger partial charge in [0.05, 0.1) is 66.1 Å². The minimum absolute atomic E-state index is 0.140. The highest BCUT2D eigenvalue weighted by Gasteiger charge is 2.29. The molecule has 1 aliphatic rings. The number of nitrogens with zero attached hydrogens (tertiary/aromatic N) is 1. The van der Waals surface area contributed by atoms with Gasteiger partial charge in [0.25, 0.3) is 0 Å². The lowest BCUT2D eigenvalue weighted by molar-refractivity contribution is -0.142. The second kappa shape index (κ2) is 13.5. The molecule has 0 aromatic heterocycles. The van der Waals surface area contributed by atoms with E-state index in [1.807, 2.05) is 25.7 Å². The molecule has 7 heteroatoms. The molecule has 1 amide bonds. The standard InChI is InChI=1S/C18H35NO6/c1-4-18(2,3)17(20)19-5-7-21-9-11-23-13-15-25-16-14-24-12-10-22-8-6-19/h4-16H2,1-3H3. The van der Waals surface area contributed by atoms with Gasteiger partial charge >= 0.3 is 0 Å². The predicted octanol–water partition coefficient (Wildman–Crippen LogP) is 1.35. The number of carbonyl (C=O) groups excluding carboxylic acids is 1. The smallest absolute Gasteiger partial charge is 0.228 e. The number of ether oxygens (including phenoxy) is 5. The Hall–Kier alpha value is -0.730. The van der Waals surface area contributed by atoms with Crippen LogP contribution in [0.4, 0.5) is 0 Å². The quantitative estimate of drug-likeness (QED) is 0.740. The monoisotopic (exact) mass is 361 g/mol. The minimum atomic E-state index is -0.372. The number of hydrogen-bond donors (Lipinski definition) is 0. The summed E-state index contributed by atoms with van der Waals surface area (Å²) in [6, 6.07) is 0. The lowest BCUT2D eigenvalue weighted by Crippen LogP contribution is -2.44. The zero-order chi connectivity index (χ0) is 18.4. The van der Waals surface area contributed by atoms with Crippen molar-refractivity contribution in [2.75, 3.05) is 79.2 Å². The molecule has 1 saturated heterocycles. The first kappa shape index (κ1) is 22.3. The van der Waals surface area contributed by atoms with E-state index in [9.17, 15) is 4.79 Å². The van der Waals surface area contributed by atoms with Crippen LogP contribution in [-0.2, 0) is 28.5 Å². The summed E-state index contributed by atoms with van der Waals surface area (Å²) in [4.78, 5) is 14.6. The number of rotatable bonds is 2. The number of carbonyl (C=O) groups is 1. The van der Waals surface area contributed by atoms with Gasteiger partial charge in [0.2, 0.25) is 5.91 Å². The zero-order valence-electron chi connectivity index (χ0n) is 16.1. The van der Waals surface area contributed by atoms with Crippen molar-refractivity contribution >= 4 is 5.91 Å². The van der Waals surface area contributed by atoms with E-state index >= 15 is 0 Å². The van der Waals surface area contributed by atoms with Crippen molar-refractivity contribution in [2.24, 2.45) is 5.41 Å². The van der Waals surface area contributed by atoms with Gasteiger partial charge < -0.3 is 28.6 Å². The van der Waals surface area contributed by atoms with E-state index in [4.69, 9.17) is 23.7 Å². The summed E-state index contributed by atoms with van der Waals surface area (Å²) in [7, 11) is 0. The largest absolute Gasteiger partial charge is 0.377 e. The summed E-state index contributed by atoms with van der Waals surface area (Å²) >= 11 is 0. The van der Waals surface area contributed by atoms with Crippen molar-refractivity contribution in [2.45, 2.75) is 27.2 Å². The highest BCUT2D eigenvalue weighted by molar-refractivity contribution is 5.81. The molecule has 7 nitrogen and oxygen atoms in total. The maximum absolute atomic E-state index is 12.7. The summed E-state index contributed by atoms with van der Waals surface area (Å²) < 4.78 is 27.4. The van der Waals surface area contributed by atoms with Crippen LogP contribution < -0.4 is 0 Å². The molecule has 0 aromatic rings. The number of amides is 1. The van der Waals surface area contributed by atoms with Crippen LogP contribution in [0, 0.1) is 5.41 Å². The van der Waals surface area contributed by atoms with Gasteiger partial charge in [0.1, 0.15) is 0 Å². The molecule has 1 rings (SSSR count). The summed E-state index contributed by atoms with van der Waals surface area (Å²) in [5.41, 5.74) is -0.372. The summed E-state index contributed by atoms with van der Waals surface area (Å²) in [6.45, 7) is 12.4. The van der Waals surface area contributed by atoms with Crippen LogP contribution >= 0.6 is 0 Å². The second-order valence-corrected chi connectivity index (χ2v) is 6.59. The van der Waals surface area contributed by atoms with E-state index in [1.54, 1.807) is 0 Å². The highest BCUT2D eigenvalue weighted by atomic mass is 16.6. The third-order valence-corrected chi connectivity index (χ3v) is 4.25. The molecule has 0 N–H and O–H groups in total. The Balaban J connectivity index is 2.46. The minimum Gasteiger partial charge on any atom is -0.377 e. The molecule has 1 fully saturated rings. The topological polar surface area (TPSA) is 66.5 Å². The van der Waals surface area contributed by atoms with Gasteiger partial charge in [-0.3, -0.25) is 4.79 Å². The lowest BCUT2D eigenvalue weighted by Gasteiger charge is -2.31. The van der Waals surface area contributed by atoms with E-state index < -0.39 is 0 Å². The van der Waals surface area contributed by atoms with E-state index in [0.29, 0.717) is 79.2 Å². The second-order valence-electron chi connectivity index (χ2n) is 6.59. The van der Waals surface area contributed by atoms with Crippen LogP contribution in [0.5, 0.6) is 0 Å². The van der Waals surface area contributed by atoms with Crippen LogP contribution in [0.25, 0.3) is 0 Å². The normalized spacial score (nSPS) is 21.3. The highest BCUT2D eigenvalue weighted by Crippen LogP contribution is 2.22. The molecule has 0 atom stereocenters. The maximum atomic E-state index is 12.7. The Morgan fingerprint density at radius 2 is 1.04 bits per heavy atom. The maximum Gasteiger partial charge on any atom is 0.228 e. The molecule has 0 saturated carbocycles. The van der Waals surface area contributed by atoms with E-state index in [0.717, 1.165) is 6.42 Å². The summed E-state index contributed by atoms with van der Waals surface area (Å²) in [6.07, 6.45) is 0.799. The fourth-order valence-electron chi connectivity index (χ4n) is 2.23. The Bertz CT molecular complexity index is 332. The van der Waals surface area contributed by atoms with Crippen molar-refractivity contribution in [3.8, 4) is 0 Å². The fraction of sp³-hybridized carbons (Fsp3) is 0.944. The third-order valence-electron chi connectivity index (χ3n) is 4.25. The van der Waals surface area contributed by atoms with Gasteiger partial charge in [0, 0.05) is 18.5 Å². The molecule has 0 bridgehead atoms. The van der Waals surface area contributed by atoms with Crippen LogP contribution in [0.15, 0.2) is 0 Å². The van der Waals surface area contributed by atoms with E-state index in [1.165, 1.54) is 0 Å². The summed E-state index contributed by atoms with van der Waals surface area (Å²) in [5.74, 6) is 0.140. The molecule has 0 unspecified atom stereocenters. The Labute approximate surface area is 151 Å². The Morgan fingerprint density at radius 1 is 0.720 bits per heavy atom. The molecular formula is C18H35NO6. The molecule has 25 heavy (non-hydrogen) atoms. The van der Waals surface area contributed by atoms with Gasteiger partial charge in [-0.1, -0.05) is 20.8 Å². The lowest BCUT2D eigenvalue weighted by atomic mass is 9.88. The van der Waals surface area contributed by atoms with Crippen LogP contribution in [0.1, 0.15) is 27.2 Å². The van der Waals surface area contributed by atoms with Crippen LogP contribution in [0.3, 0.4) is 0 Å². The molecular weight excluding hydrogens is 326 g/mol. The first-order valence-electron chi connectivity index (χ1n) is 9.26. The van der Waals surface area contributed by atoms with Gasteiger partial charge in [-0.25, -0.2) is 0 Å². The van der Waals surface area contributed by atoms with Crippen molar-refractivity contribution < 1.29 is 28.5 Å². The Kier molecular flexibility index (Phi) is 12.0. The van der Waals surface area contributed by atoms with Gasteiger partial charge in [-0.05, 0) is 6.42 Å². The van der Waals surface area contributed by atoms with E-state index in [2.05, 4.69) is 0 Å². The summed E-state index contributed by atoms with van der Waals surface area (Å²) in [5, 5.41) is 0. The average Bonchev–Trinajstić information content (AvgIpc) is 2.61. The van der Waals surface area contributed by atoms with Crippen molar-refractivity contribution in [1.29, 1.82) is 0 Å². The molecule has 0 spiro atoms. The van der Waals surface area contributed by atoms with Gasteiger partial charge in [-0.15, -0.1) is 0 Å². The van der Waals surface area contributed by atoms with Crippen molar-refractivity contribution in [1.82, 2.24) is 4.90 Å². The number of hydrogen-bond acceptors (Lipinski definition) is 6. The molecule has 0 radical (unpaired) electrons. The zero-order valence-corrected chi connectivity index (χ0v) is 16.1. The SMILES string of the molecule is CCC(C)(C)C(=O)N1CCOCCOCCOCCOCCOCC1. The van der Waals surface area contributed by atoms with Gasteiger partial charge in [0.15, 0.2) is 0 Å². The fourth-order valence-corrected chi connectivity index (χ4v) is 2.23. The van der Waals surface area contributed by atoms with E-state index in [-0.39, 0.29) is 11.3 Å². The molecule has 1 aliphatic heterocycles. The van der Waals surface area contributed by atoms with Crippen LogP contribution in [-0.4, -0.2) is 90.0 Å². The first-order valence-corrected chi connectivity index (χ1v) is 9.26. The predicted molar refractivity (Wildman–Crippen MR) is 94.7 cm³/mol. The van der Waals surface area contributed by atoms with Crippen LogP contribution in [0.2, 0.25) is 0 Å². The Morgan fingerprint density at radius 3 is 1.36 bits per heavy atom. The average molecular weight is 361 g/mol. The van der Waals surface area contributed by atoms with Crippen molar-refractivity contribution in [3.63, 3.8) is 0 Å². The molecule has 148 valence electrons. The molecule has 0 aromatic carbocycles. The molecule has 0 aliphatic carbocycles. The van der Waals surface area contributed by atoms with Crippen molar-refractivity contribution in [3.05, 3.63) is 0 Å². The molecule has 1 heterocycles.